The fraction of sp³-hybridized carbons (Fsp3) is 0.773. The number of ether oxygens (including phenoxy) is 3. The molecule has 0 radical (unpaired) electrons. The Balaban J connectivity index is 0.00000436. The summed E-state index contributed by atoms with van der Waals surface area (Å²) in [5.74, 6) is 0. The van der Waals surface area contributed by atoms with Crippen molar-refractivity contribution in [2.24, 2.45) is 0 Å². The molecule has 1 rings (SSSR count). The monoisotopic (exact) mass is 447 g/mol. The number of carbonyl (C=O) groups is 1. The first-order valence-corrected chi connectivity index (χ1v) is 10.7. The molecule has 0 aromatic rings. The Morgan fingerprint density at radius 2 is 1.71 bits per heavy atom. The molecule has 7 atom stereocenters. The summed E-state index contributed by atoms with van der Waals surface area (Å²) >= 11 is 0. The van der Waals surface area contributed by atoms with Crippen LogP contribution in [0, 0.1) is 0 Å². The fourth-order valence-electron chi connectivity index (χ4n) is 2.93. The first kappa shape index (κ1) is 29.5. The SMILES string of the molecule is C/C=C\C(=C/C)C(OC1OC(CO)C(O)C(O)C1O)C(C)NC(=O)OC(C)(C)C.CC. The number of alkyl carbamates (subject to hydrolysis) is 1. The minimum Gasteiger partial charge on any atom is -0.444 e. The molecule has 9 nitrogen and oxygen atoms in total. The van der Waals surface area contributed by atoms with E-state index in [1.807, 2.05) is 20.8 Å². The molecule has 1 saturated heterocycles. The lowest BCUT2D eigenvalue weighted by atomic mass is 9.98. The second-order valence-corrected chi connectivity index (χ2v) is 7.98. The highest BCUT2D eigenvalue weighted by atomic mass is 16.7. The average Bonchev–Trinajstić information content (AvgIpc) is 2.70. The maximum absolute atomic E-state index is 12.2. The van der Waals surface area contributed by atoms with Crippen LogP contribution >= 0.6 is 0 Å². The van der Waals surface area contributed by atoms with Gasteiger partial charge in [-0.2, -0.15) is 0 Å². The third-order valence-corrected chi connectivity index (χ3v) is 4.35. The number of rotatable bonds is 7. The predicted molar refractivity (Wildman–Crippen MR) is 117 cm³/mol. The van der Waals surface area contributed by atoms with Gasteiger partial charge in [0.15, 0.2) is 6.29 Å². The molecule has 1 amide bonds. The van der Waals surface area contributed by atoms with Crippen molar-refractivity contribution in [2.45, 2.75) is 104 Å². The highest BCUT2D eigenvalue weighted by Gasteiger charge is 2.45. The van der Waals surface area contributed by atoms with Gasteiger partial charge in [-0.15, -0.1) is 0 Å². The van der Waals surface area contributed by atoms with Crippen LogP contribution < -0.4 is 5.32 Å². The highest BCUT2D eigenvalue weighted by Crippen LogP contribution is 2.26. The van der Waals surface area contributed by atoms with Crippen LogP contribution in [0.3, 0.4) is 0 Å². The van der Waals surface area contributed by atoms with E-state index < -0.39 is 61.2 Å². The van der Waals surface area contributed by atoms with Gasteiger partial charge in [0.05, 0.1) is 12.6 Å². The lowest BCUT2D eigenvalue weighted by Crippen LogP contribution is -2.60. The largest absolute Gasteiger partial charge is 0.444 e. The van der Waals surface area contributed by atoms with E-state index in [9.17, 15) is 25.2 Å². The summed E-state index contributed by atoms with van der Waals surface area (Å²) in [5, 5.41) is 42.3. The number of hydrogen-bond acceptors (Lipinski definition) is 8. The summed E-state index contributed by atoms with van der Waals surface area (Å²) < 4.78 is 16.6. The standard InChI is InChI=1S/C20H35NO8.C2H6/c1-7-9-12(8-2)17(11(3)21-19(26)29-20(4,5)6)28-18-16(25)15(24)14(23)13(10-22)27-18;1-2/h7-9,11,13-18,22-25H,10H2,1-6H3,(H,21,26);1-2H3/b9-7-,12-8+;. The molecule has 9 heteroatoms. The van der Waals surface area contributed by atoms with Crippen molar-refractivity contribution in [1.82, 2.24) is 5.32 Å². The Morgan fingerprint density at radius 1 is 1.13 bits per heavy atom. The molecule has 1 aliphatic heterocycles. The van der Waals surface area contributed by atoms with Gasteiger partial charge in [0.2, 0.25) is 0 Å². The first-order valence-electron chi connectivity index (χ1n) is 10.7. The van der Waals surface area contributed by atoms with Crippen LogP contribution in [0.25, 0.3) is 0 Å². The van der Waals surface area contributed by atoms with Crippen molar-refractivity contribution in [3.63, 3.8) is 0 Å². The molecule has 0 bridgehead atoms. The van der Waals surface area contributed by atoms with Gasteiger partial charge in [-0.3, -0.25) is 0 Å². The van der Waals surface area contributed by atoms with Gasteiger partial charge in [0.25, 0.3) is 0 Å². The number of amides is 1. The van der Waals surface area contributed by atoms with Crippen LogP contribution in [0.4, 0.5) is 4.79 Å². The number of nitrogens with one attached hydrogen (secondary N) is 1. The average molecular weight is 448 g/mol. The summed E-state index contributed by atoms with van der Waals surface area (Å²) in [6, 6.07) is -0.598. The molecule has 31 heavy (non-hydrogen) atoms. The molecule has 0 aromatic heterocycles. The zero-order valence-corrected chi connectivity index (χ0v) is 19.9. The molecule has 0 aliphatic carbocycles. The lowest BCUT2D eigenvalue weighted by molar-refractivity contribution is -0.309. The van der Waals surface area contributed by atoms with Gasteiger partial charge < -0.3 is 40.0 Å². The number of aliphatic hydroxyl groups excluding tert-OH is 4. The molecule has 1 heterocycles. The third kappa shape index (κ3) is 9.26. The van der Waals surface area contributed by atoms with Gasteiger partial charge in [-0.25, -0.2) is 4.79 Å². The number of hydrogen-bond donors (Lipinski definition) is 5. The van der Waals surface area contributed by atoms with Crippen LogP contribution in [0.5, 0.6) is 0 Å². The molecule has 5 N–H and O–H groups in total. The van der Waals surface area contributed by atoms with Gasteiger partial charge in [0.1, 0.15) is 36.1 Å². The second kappa shape index (κ2) is 13.8. The van der Waals surface area contributed by atoms with E-state index >= 15 is 0 Å². The minimum atomic E-state index is -1.56. The van der Waals surface area contributed by atoms with Crippen molar-refractivity contribution < 1.29 is 39.4 Å². The Labute approximate surface area is 185 Å². The van der Waals surface area contributed by atoms with Crippen molar-refractivity contribution >= 4 is 6.09 Å². The van der Waals surface area contributed by atoms with Gasteiger partial charge in [-0.05, 0) is 47.1 Å². The topological polar surface area (TPSA) is 138 Å². The Kier molecular flexibility index (Phi) is 13.2. The lowest BCUT2D eigenvalue weighted by Gasteiger charge is -2.41. The maximum atomic E-state index is 12.2. The smallest absolute Gasteiger partial charge is 0.407 e. The molecule has 7 unspecified atom stereocenters. The summed E-state index contributed by atoms with van der Waals surface area (Å²) in [6.45, 7) is 14.0. The number of aliphatic hydroxyl groups is 4. The first-order chi connectivity index (χ1) is 14.4. The van der Waals surface area contributed by atoms with Gasteiger partial charge >= 0.3 is 6.09 Å². The third-order valence-electron chi connectivity index (χ3n) is 4.35. The normalized spacial score (nSPS) is 29.0. The van der Waals surface area contributed by atoms with E-state index in [2.05, 4.69) is 5.32 Å². The van der Waals surface area contributed by atoms with E-state index in [4.69, 9.17) is 14.2 Å². The zero-order valence-electron chi connectivity index (χ0n) is 19.9. The molecule has 0 saturated carbocycles. The van der Waals surface area contributed by atoms with E-state index in [0.29, 0.717) is 5.57 Å². The molecule has 182 valence electrons. The Hall–Kier alpha value is -1.49. The van der Waals surface area contributed by atoms with Crippen molar-refractivity contribution in [1.29, 1.82) is 0 Å². The van der Waals surface area contributed by atoms with Crippen LogP contribution in [0.1, 0.15) is 55.4 Å². The van der Waals surface area contributed by atoms with Gasteiger partial charge in [0, 0.05) is 0 Å². The highest BCUT2D eigenvalue weighted by molar-refractivity contribution is 5.68. The molecular weight excluding hydrogens is 406 g/mol. The minimum absolute atomic E-state index is 0.563. The predicted octanol–water partition coefficient (Wildman–Crippen LogP) is 1.63. The summed E-state index contributed by atoms with van der Waals surface area (Å²) in [4.78, 5) is 12.2. The molecule has 0 spiro atoms. The number of carbonyl (C=O) groups excluding carboxylic acids is 1. The molecule has 1 fully saturated rings. The van der Waals surface area contributed by atoms with Crippen molar-refractivity contribution in [3.05, 3.63) is 23.8 Å². The number of allylic oxidation sites excluding steroid dienone is 2. The van der Waals surface area contributed by atoms with Crippen LogP contribution in [-0.2, 0) is 14.2 Å². The fourth-order valence-corrected chi connectivity index (χ4v) is 2.93. The maximum Gasteiger partial charge on any atom is 0.407 e. The van der Waals surface area contributed by atoms with Crippen LogP contribution in [0.2, 0.25) is 0 Å². The van der Waals surface area contributed by atoms with Gasteiger partial charge in [-0.1, -0.05) is 32.1 Å². The van der Waals surface area contributed by atoms with Crippen molar-refractivity contribution in [2.75, 3.05) is 6.61 Å². The zero-order chi connectivity index (χ0) is 24.4. The summed E-state index contributed by atoms with van der Waals surface area (Å²) in [7, 11) is 0. The molecule has 0 aromatic carbocycles. The van der Waals surface area contributed by atoms with E-state index in [1.165, 1.54) is 0 Å². The van der Waals surface area contributed by atoms with Crippen LogP contribution in [-0.4, -0.2) is 81.6 Å². The molecule has 1 aliphatic rings. The summed E-state index contributed by atoms with van der Waals surface area (Å²) in [6.07, 6.45) is -3.08. The summed E-state index contributed by atoms with van der Waals surface area (Å²) in [5.41, 5.74) is 0.0116. The quantitative estimate of drug-likeness (QED) is 0.371. The van der Waals surface area contributed by atoms with Crippen molar-refractivity contribution in [3.8, 4) is 0 Å². The van der Waals surface area contributed by atoms with E-state index in [1.54, 1.807) is 52.8 Å². The Morgan fingerprint density at radius 3 is 2.16 bits per heavy atom. The molecular formula is C22H41NO8. The van der Waals surface area contributed by atoms with E-state index in [0.717, 1.165) is 0 Å². The second-order valence-electron chi connectivity index (χ2n) is 7.98. The van der Waals surface area contributed by atoms with Crippen LogP contribution in [0.15, 0.2) is 23.8 Å². The Bertz CT molecular complexity index is 585. The van der Waals surface area contributed by atoms with E-state index in [-0.39, 0.29) is 0 Å².